The van der Waals surface area contributed by atoms with Gasteiger partial charge in [-0.25, -0.2) is 8.78 Å². The highest BCUT2D eigenvalue weighted by Gasteiger charge is 2.20. The lowest BCUT2D eigenvalue weighted by Crippen LogP contribution is -1.96. The molecule has 0 spiro atoms. The third-order valence-corrected chi connectivity index (χ3v) is 3.28. The van der Waals surface area contributed by atoms with Crippen molar-refractivity contribution in [2.45, 2.75) is 0 Å². The minimum atomic E-state index is -0.882. The predicted octanol–water partition coefficient (Wildman–Crippen LogP) is 4.30. The van der Waals surface area contributed by atoms with Gasteiger partial charge in [0, 0.05) is 0 Å². The number of nitriles is 1. The fourth-order valence-corrected chi connectivity index (χ4v) is 1.95. The van der Waals surface area contributed by atoms with Gasteiger partial charge >= 0.3 is 5.69 Å². The van der Waals surface area contributed by atoms with Crippen LogP contribution in [0.2, 0.25) is 0 Å². The molecule has 2 rings (SSSR count). The molecule has 0 fully saturated rings. The highest BCUT2D eigenvalue weighted by Crippen LogP contribution is 2.35. The van der Waals surface area contributed by atoms with Crippen molar-refractivity contribution in [2.75, 3.05) is 0 Å². The Morgan fingerprint density at radius 2 is 1.90 bits per heavy atom. The lowest BCUT2D eigenvalue weighted by molar-refractivity contribution is -0.385. The van der Waals surface area contributed by atoms with E-state index in [1.54, 1.807) is 6.07 Å². The number of rotatable bonds is 3. The van der Waals surface area contributed by atoms with Crippen LogP contribution in [0.25, 0.3) is 0 Å². The van der Waals surface area contributed by atoms with Gasteiger partial charge in [-0.1, -0.05) is 0 Å². The number of ether oxygens (including phenoxy) is 1. The summed E-state index contributed by atoms with van der Waals surface area (Å²) in [5.74, 6) is -2.32. The van der Waals surface area contributed by atoms with E-state index in [1.165, 1.54) is 6.07 Å². The average molecular weight is 355 g/mol. The maximum Gasteiger partial charge on any atom is 0.314 e. The summed E-state index contributed by atoms with van der Waals surface area (Å²) in [4.78, 5) is 9.99. The van der Waals surface area contributed by atoms with E-state index in [-0.39, 0.29) is 21.5 Å². The number of nitro benzene ring substituents is 1. The van der Waals surface area contributed by atoms with E-state index >= 15 is 0 Å². The summed E-state index contributed by atoms with van der Waals surface area (Å²) in [6.45, 7) is 0. The van der Waals surface area contributed by atoms with Crippen molar-refractivity contribution in [1.29, 1.82) is 5.26 Å². The van der Waals surface area contributed by atoms with Crippen LogP contribution in [0.3, 0.4) is 0 Å². The molecule has 0 saturated heterocycles. The number of nitro groups is 1. The molecule has 0 radical (unpaired) electrons. The summed E-state index contributed by atoms with van der Waals surface area (Å²) in [5.41, 5.74) is -0.580. The Morgan fingerprint density at radius 1 is 1.24 bits per heavy atom. The van der Waals surface area contributed by atoms with Gasteiger partial charge in [0.1, 0.15) is 11.9 Å². The van der Waals surface area contributed by atoms with Crippen molar-refractivity contribution in [1.82, 2.24) is 0 Å². The van der Waals surface area contributed by atoms with Gasteiger partial charge < -0.3 is 4.74 Å². The lowest BCUT2D eigenvalue weighted by atomic mass is 10.2. The zero-order valence-corrected chi connectivity index (χ0v) is 11.7. The molecule has 0 aliphatic carbocycles. The van der Waals surface area contributed by atoms with E-state index < -0.39 is 22.2 Å². The monoisotopic (exact) mass is 354 g/mol. The second-order valence-corrected chi connectivity index (χ2v) is 4.62. The Bertz CT molecular complexity index is 775. The highest BCUT2D eigenvalue weighted by molar-refractivity contribution is 9.10. The molecule has 2 aromatic carbocycles. The van der Waals surface area contributed by atoms with Crippen LogP contribution >= 0.6 is 15.9 Å². The molecule has 8 heteroatoms. The first kappa shape index (κ1) is 14.9. The molecule has 106 valence electrons. The molecule has 0 aliphatic rings. The second kappa shape index (κ2) is 5.85. The predicted molar refractivity (Wildman–Crippen MR) is 71.9 cm³/mol. The van der Waals surface area contributed by atoms with Gasteiger partial charge in [-0.15, -0.1) is 0 Å². The van der Waals surface area contributed by atoms with E-state index in [4.69, 9.17) is 10.00 Å². The van der Waals surface area contributed by atoms with Gasteiger partial charge in [-0.05, 0) is 40.2 Å². The summed E-state index contributed by atoms with van der Waals surface area (Å²) < 4.78 is 32.0. The van der Waals surface area contributed by atoms with Crippen molar-refractivity contribution in [3.8, 4) is 17.6 Å². The van der Waals surface area contributed by atoms with Gasteiger partial charge in [-0.2, -0.15) is 5.26 Å². The molecule has 0 saturated carbocycles. The van der Waals surface area contributed by atoms with Crippen LogP contribution in [0.4, 0.5) is 14.5 Å². The lowest BCUT2D eigenvalue weighted by Gasteiger charge is -2.08. The Balaban J connectivity index is 2.47. The van der Waals surface area contributed by atoms with Gasteiger partial charge in [-0.3, -0.25) is 10.1 Å². The van der Waals surface area contributed by atoms with E-state index in [0.29, 0.717) is 6.07 Å². The molecule has 0 aromatic heterocycles. The van der Waals surface area contributed by atoms with Gasteiger partial charge in [0.2, 0.25) is 5.75 Å². The third kappa shape index (κ3) is 2.98. The molecule has 0 unspecified atom stereocenters. The van der Waals surface area contributed by atoms with Crippen molar-refractivity contribution >= 4 is 21.6 Å². The summed E-state index contributed by atoms with van der Waals surface area (Å²) in [6.07, 6.45) is 0. The Labute approximate surface area is 125 Å². The normalized spacial score (nSPS) is 10.0. The molecular weight excluding hydrogens is 350 g/mol. The summed E-state index contributed by atoms with van der Waals surface area (Å²) >= 11 is 2.89. The van der Waals surface area contributed by atoms with E-state index in [2.05, 4.69) is 15.9 Å². The number of benzene rings is 2. The Hall–Kier alpha value is -2.53. The van der Waals surface area contributed by atoms with Crippen LogP contribution in [-0.4, -0.2) is 4.92 Å². The number of halogens is 3. The summed E-state index contributed by atoms with van der Waals surface area (Å²) in [7, 11) is 0. The number of hydrogen-bond donors (Lipinski definition) is 0. The zero-order valence-electron chi connectivity index (χ0n) is 10.1. The van der Waals surface area contributed by atoms with Crippen molar-refractivity contribution in [3.63, 3.8) is 0 Å². The maximum atomic E-state index is 14.0. The van der Waals surface area contributed by atoms with Crippen LogP contribution in [0, 0.1) is 33.1 Å². The molecule has 0 aliphatic heterocycles. The molecule has 21 heavy (non-hydrogen) atoms. The third-order valence-electron chi connectivity index (χ3n) is 2.50. The van der Waals surface area contributed by atoms with Gasteiger partial charge in [0.15, 0.2) is 11.6 Å². The van der Waals surface area contributed by atoms with Crippen LogP contribution in [0.1, 0.15) is 5.56 Å². The summed E-state index contributed by atoms with van der Waals surface area (Å²) in [5, 5.41) is 19.6. The molecule has 5 nitrogen and oxygen atoms in total. The van der Waals surface area contributed by atoms with E-state index in [1.807, 2.05) is 0 Å². The molecule has 2 aromatic rings. The largest absolute Gasteiger partial charge is 0.447 e. The van der Waals surface area contributed by atoms with E-state index in [9.17, 15) is 18.9 Å². The quantitative estimate of drug-likeness (QED) is 0.608. The van der Waals surface area contributed by atoms with Crippen LogP contribution in [-0.2, 0) is 0 Å². The first-order chi connectivity index (χ1) is 9.93. The fraction of sp³-hybridized carbons (Fsp3) is 0. The smallest absolute Gasteiger partial charge is 0.314 e. The maximum absolute atomic E-state index is 14.0. The zero-order chi connectivity index (χ0) is 15.6. The first-order valence-corrected chi connectivity index (χ1v) is 6.23. The SMILES string of the molecule is N#Cc1ccc(Oc2ccc(F)cc2[N+](=O)[O-])c(F)c1Br. The Morgan fingerprint density at radius 3 is 2.52 bits per heavy atom. The van der Waals surface area contributed by atoms with Crippen LogP contribution < -0.4 is 4.74 Å². The minimum Gasteiger partial charge on any atom is -0.447 e. The molecule has 0 bridgehead atoms. The van der Waals surface area contributed by atoms with Crippen LogP contribution in [0.5, 0.6) is 11.5 Å². The number of nitrogens with zero attached hydrogens (tertiary/aromatic N) is 2. The van der Waals surface area contributed by atoms with E-state index in [0.717, 1.165) is 18.2 Å². The minimum absolute atomic E-state index is 0.0495. The standard InChI is InChI=1S/C13H5BrF2N2O3/c14-12-7(6-17)1-3-11(13(12)16)21-10-4-2-8(15)5-9(10)18(19)20/h1-5H. The van der Waals surface area contributed by atoms with Crippen molar-refractivity contribution in [2.24, 2.45) is 0 Å². The highest BCUT2D eigenvalue weighted by atomic mass is 79.9. The average Bonchev–Trinajstić information content (AvgIpc) is 2.45. The van der Waals surface area contributed by atoms with Crippen LogP contribution in [0.15, 0.2) is 34.8 Å². The summed E-state index contributed by atoms with van der Waals surface area (Å²) in [6, 6.07) is 6.87. The molecule has 0 heterocycles. The Kier molecular flexibility index (Phi) is 4.14. The topological polar surface area (TPSA) is 76.2 Å². The molecular formula is C13H5BrF2N2O3. The first-order valence-electron chi connectivity index (χ1n) is 5.44. The number of hydrogen-bond acceptors (Lipinski definition) is 4. The van der Waals surface area contributed by atoms with Crippen molar-refractivity contribution < 1.29 is 18.4 Å². The van der Waals surface area contributed by atoms with Crippen molar-refractivity contribution in [3.05, 3.63) is 62.1 Å². The fourth-order valence-electron chi connectivity index (χ4n) is 1.53. The molecule has 0 amide bonds. The second-order valence-electron chi connectivity index (χ2n) is 3.82. The van der Waals surface area contributed by atoms with Gasteiger partial charge in [0.25, 0.3) is 0 Å². The molecule has 0 atom stereocenters. The van der Waals surface area contributed by atoms with Gasteiger partial charge in [0.05, 0.1) is 21.0 Å². The molecule has 0 N–H and O–H groups in total.